The number of benzene rings is 1. The first kappa shape index (κ1) is 11.0. The van der Waals surface area contributed by atoms with E-state index in [-0.39, 0.29) is 0 Å². The van der Waals surface area contributed by atoms with E-state index in [4.69, 9.17) is 0 Å². The van der Waals surface area contributed by atoms with Gasteiger partial charge in [0.2, 0.25) is 0 Å². The molecule has 0 radical (unpaired) electrons. The van der Waals surface area contributed by atoms with E-state index in [0.717, 1.165) is 23.4 Å². The number of fused-ring (bicyclic) bond motifs is 1. The summed E-state index contributed by atoms with van der Waals surface area (Å²) in [5.74, 6) is 0. The number of aryl methyl sites for hydroxylation is 1. The quantitative estimate of drug-likeness (QED) is 0.806. The molecule has 0 saturated carbocycles. The molecule has 2 aromatic rings. The monoisotopic (exact) mass is 291 g/mol. The molecule has 0 fully saturated rings. The molecule has 1 aromatic carbocycles. The molecule has 0 saturated heterocycles. The van der Waals surface area contributed by atoms with Gasteiger partial charge in [-0.25, -0.2) is 4.68 Å². The summed E-state index contributed by atoms with van der Waals surface area (Å²) < 4.78 is 3.08. The van der Waals surface area contributed by atoms with Crippen LogP contribution in [-0.2, 0) is 13.1 Å². The molecule has 0 N–H and O–H groups in total. The number of aromatic nitrogens is 2. The highest BCUT2D eigenvalue weighted by atomic mass is 79.9. The molecular weight excluding hydrogens is 278 g/mol. The zero-order valence-corrected chi connectivity index (χ0v) is 11.5. The van der Waals surface area contributed by atoms with Crippen LogP contribution in [0.3, 0.4) is 0 Å². The van der Waals surface area contributed by atoms with Gasteiger partial charge in [-0.1, -0.05) is 12.1 Å². The molecule has 0 amide bonds. The van der Waals surface area contributed by atoms with Crippen molar-refractivity contribution in [2.75, 3.05) is 7.05 Å². The predicted octanol–water partition coefficient (Wildman–Crippen LogP) is 2.89. The van der Waals surface area contributed by atoms with Crippen LogP contribution in [0, 0.1) is 6.92 Å². The minimum absolute atomic E-state index is 0.937. The van der Waals surface area contributed by atoms with E-state index in [2.05, 4.69) is 64.2 Å². The number of hydrogen-bond donors (Lipinski definition) is 0. The summed E-state index contributed by atoms with van der Waals surface area (Å²) in [6, 6.07) is 8.40. The molecule has 1 aliphatic rings. The molecule has 3 nitrogen and oxygen atoms in total. The topological polar surface area (TPSA) is 21.1 Å². The zero-order chi connectivity index (χ0) is 12.0. The van der Waals surface area contributed by atoms with Crippen molar-refractivity contribution in [1.29, 1.82) is 0 Å². The maximum atomic E-state index is 4.68. The average Bonchev–Trinajstić information content (AvgIpc) is 2.78. The molecule has 4 heteroatoms. The van der Waals surface area contributed by atoms with Crippen molar-refractivity contribution >= 4 is 15.9 Å². The van der Waals surface area contributed by atoms with Gasteiger partial charge in [0, 0.05) is 18.7 Å². The maximum absolute atomic E-state index is 4.68. The summed E-state index contributed by atoms with van der Waals surface area (Å²) in [4.78, 5) is 2.27. The summed E-state index contributed by atoms with van der Waals surface area (Å²) in [5, 5.41) is 4.68. The third-order valence-electron chi connectivity index (χ3n) is 3.10. The largest absolute Gasteiger partial charge is 0.296 e. The maximum Gasteiger partial charge on any atom is 0.114 e. The second-order valence-electron chi connectivity index (χ2n) is 4.64. The minimum atomic E-state index is 0.937. The third kappa shape index (κ3) is 1.81. The molecule has 0 atom stereocenters. The van der Waals surface area contributed by atoms with Crippen molar-refractivity contribution in [3.8, 4) is 5.69 Å². The summed E-state index contributed by atoms with van der Waals surface area (Å²) in [6.07, 6.45) is 0. The summed E-state index contributed by atoms with van der Waals surface area (Å²) in [5.41, 5.74) is 4.87. The second-order valence-corrected chi connectivity index (χ2v) is 5.39. The van der Waals surface area contributed by atoms with Crippen LogP contribution in [0.1, 0.15) is 16.8 Å². The normalized spacial score (nSPS) is 15.2. The molecule has 0 aliphatic carbocycles. The molecule has 3 rings (SSSR count). The number of nitrogens with zero attached hydrogens (tertiary/aromatic N) is 3. The Morgan fingerprint density at radius 1 is 1.29 bits per heavy atom. The lowest BCUT2D eigenvalue weighted by Gasteiger charge is -2.09. The molecular formula is C13H14BrN3. The lowest BCUT2D eigenvalue weighted by molar-refractivity contribution is 0.346. The van der Waals surface area contributed by atoms with Crippen molar-refractivity contribution < 1.29 is 0 Å². The van der Waals surface area contributed by atoms with E-state index < -0.39 is 0 Å². The fourth-order valence-corrected chi connectivity index (χ4v) is 2.91. The Bertz CT molecular complexity index is 574. The van der Waals surface area contributed by atoms with E-state index in [9.17, 15) is 0 Å². The van der Waals surface area contributed by atoms with Crippen molar-refractivity contribution in [2.24, 2.45) is 0 Å². The summed E-state index contributed by atoms with van der Waals surface area (Å²) in [6.45, 7) is 4.01. The highest BCUT2D eigenvalue weighted by Gasteiger charge is 2.24. The van der Waals surface area contributed by atoms with Crippen molar-refractivity contribution in [3.63, 3.8) is 0 Å². The molecule has 1 aliphatic heterocycles. The number of hydrogen-bond acceptors (Lipinski definition) is 2. The molecule has 0 unspecified atom stereocenters. The van der Waals surface area contributed by atoms with Gasteiger partial charge in [-0.05, 0) is 47.6 Å². The van der Waals surface area contributed by atoms with Gasteiger partial charge in [-0.3, -0.25) is 4.90 Å². The van der Waals surface area contributed by atoms with E-state index in [1.165, 1.54) is 16.8 Å². The predicted molar refractivity (Wildman–Crippen MR) is 71.2 cm³/mol. The van der Waals surface area contributed by atoms with E-state index in [1.54, 1.807) is 0 Å². The Kier molecular flexibility index (Phi) is 2.56. The highest BCUT2D eigenvalue weighted by Crippen LogP contribution is 2.30. The average molecular weight is 292 g/mol. The molecule has 1 aromatic heterocycles. The van der Waals surface area contributed by atoms with Gasteiger partial charge < -0.3 is 0 Å². The van der Waals surface area contributed by atoms with Gasteiger partial charge in [0.05, 0.1) is 11.4 Å². The second kappa shape index (κ2) is 3.96. The first-order valence-electron chi connectivity index (χ1n) is 5.67. The van der Waals surface area contributed by atoms with Crippen LogP contribution in [-0.4, -0.2) is 21.7 Å². The van der Waals surface area contributed by atoms with Crippen LogP contribution in [0.15, 0.2) is 28.9 Å². The Morgan fingerprint density at radius 2 is 2.12 bits per heavy atom. The minimum Gasteiger partial charge on any atom is -0.296 e. The summed E-state index contributed by atoms with van der Waals surface area (Å²) in [7, 11) is 2.12. The number of halogens is 1. The van der Waals surface area contributed by atoms with E-state index >= 15 is 0 Å². The Balaban J connectivity index is 2.09. The van der Waals surface area contributed by atoms with Crippen molar-refractivity contribution in [3.05, 3.63) is 45.7 Å². The van der Waals surface area contributed by atoms with Crippen LogP contribution in [0.2, 0.25) is 0 Å². The van der Waals surface area contributed by atoms with Crippen molar-refractivity contribution in [1.82, 2.24) is 14.7 Å². The molecule has 2 heterocycles. The fraction of sp³-hybridized carbons (Fsp3) is 0.308. The van der Waals surface area contributed by atoms with Crippen molar-refractivity contribution in [2.45, 2.75) is 20.0 Å². The molecule has 88 valence electrons. The van der Waals surface area contributed by atoms with Crippen LogP contribution < -0.4 is 0 Å². The third-order valence-corrected chi connectivity index (χ3v) is 3.91. The van der Waals surface area contributed by atoms with Crippen LogP contribution in [0.4, 0.5) is 0 Å². The Hall–Kier alpha value is -1.13. The van der Waals surface area contributed by atoms with Gasteiger partial charge in [0.15, 0.2) is 0 Å². The lowest BCUT2D eigenvalue weighted by atomic mass is 10.2. The zero-order valence-electron chi connectivity index (χ0n) is 9.94. The van der Waals surface area contributed by atoms with E-state index in [1.807, 2.05) is 4.68 Å². The van der Waals surface area contributed by atoms with Gasteiger partial charge in [0.25, 0.3) is 0 Å². The van der Waals surface area contributed by atoms with Gasteiger partial charge in [-0.15, -0.1) is 0 Å². The summed E-state index contributed by atoms with van der Waals surface area (Å²) >= 11 is 3.66. The molecule has 0 bridgehead atoms. The van der Waals surface area contributed by atoms with Crippen LogP contribution >= 0.6 is 15.9 Å². The lowest BCUT2D eigenvalue weighted by Crippen LogP contribution is -2.10. The van der Waals surface area contributed by atoms with Gasteiger partial charge >= 0.3 is 0 Å². The number of rotatable bonds is 1. The smallest absolute Gasteiger partial charge is 0.114 e. The first-order chi connectivity index (χ1) is 8.15. The van der Waals surface area contributed by atoms with Gasteiger partial charge in [-0.2, -0.15) is 5.10 Å². The Morgan fingerprint density at radius 3 is 2.82 bits per heavy atom. The molecule has 17 heavy (non-hydrogen) atoms. The SMILES string of the molecule is Cc1cccc(-n2nc3c(c2Br)CN(C)C3)c1. The molecule has 0 spiro atoms. The first-order valence-corrected chi connectivity index (χ1v) is 6.46. The fourth-order valence-electron chi connectivity index (χ4n) is 2.27. The Labute approximate surface area is 109 Å². The van der Waals surface area contributed by atoms with Crippen LogP contribution in [0.25, 0.3) is 5.69 Å². The highest BCUT2D eigenvalue weighted by molar-refractivity contribution is 9.10. The van der Waals surface area contributed by atoms with Gasteiger partial charge in [0.1, 0.15) is 4.60 Å². The van der Waals surface area contributed by atoms with E-state index in [0.29, 0.717) is 0 Å². The standard InChI is InChI=1S/C13H14BrN3/c1-9-4-3-5-10(6-9)17-13(14)11-7-16(2)8-12(11)15-17/h3-6H,7-8H2,1-2H3. The van der Waals surface area contributed by atoms with Crippen LogP contribution in [0.5, 0.6) is 0 Å².